The summed E-state index contributed by atoms with van der Waals surface area (Å²) in [6.07, 6.45) is 0.531. The molecule has 2 N–H and O–H groups in total. The molecule has 1 aromatic carbocycles. The van der Waals surface area contributed by atoms with Gasteiger partial charge in [0.25, 0.3) is 0 Å². The highest BCUT2D eigenvalue weighted by Crippen LogP contribution is 2.04. The lowest BCUT2D eigenvalue weighted by Gasteiger charge is -2.04. The zero-order valence-corrected chi connectivity index (χ0v) is 8.64. The summed E-state index contributed by atoms with van der Waals surface area (Å²) in [4.78, 5) is 21.7. The van der Waals surface area contributed by atoms with Gasteiger partial charge in [-0.2, -0.15) is 0 Å². The van der Waals surface area contributed by atoms with Gasteiger partial charge in [0, 0.05) is 0 Å². The van der Waals surface area contributed by atoms with Crippen LogP contribution < -0.4 is 5.32 Å². The van der Waals surface area contributed by atoms with Crippen molar-refractivity contribution >= 4 is 18.1 Å². The number of hydrogen-bond acceptors (Lipinski definition) is 3. The number of nitrogens with one attached hydrogen (secondary N) is 1. The van der Waals surface area contributed by atoms with Crippen molar-refractivity contribution in [3.8, 4) is 0 Å². The molecule has 0 atom stereocenters. The predicted octanol–water partition coefficient (Wildman–Crippen LogP) is 1.47. The molecule has 0 unspecified atom stereocenters. The third-order valence-corrected chi connectivity index (χ3v) is 1.76. The summed E-state index contributed by atoms with van der Waals surface area (Å²) in [5, 5.41) is 11.0. The Hall–Kier alpha value is -2.30. The van der Waals surface area contributed by atoms with E-state index >= 15 is 0 Å². The number of ether oxygens (including phenoxy) is 1. The van der Waals surface area contributed by atoms with Gasteiger partial charge in [-0.25, -0.2) is 9.59 Å². The lowest BCUT2D eigenvalue weighted by molar-refractivity contribution is -0.132. The standard InChI is InChI=1S/C11H11NO4/c1-16-11(15)12-9(10(13)14)7-8-5-3-2-4-6-8/h2-7H,1H3,(H,12,15)(H,13,14)/b9-7+. The van der Waals surface area contributed by atoms with Gasteiger partial charge in [0.05, 0.1) is 7.11 Å². The number of benzene rings is 1. The minimum absolute atomic E-state index is 0.238. The molecule has 1 rings (SSSR count). The van der Waals surface area contributed by atoms with E-state index in [9.17, 15) is 9.59 Å². The average Bonchev–Trinajstić information content (AvgIpc) is 2.29. The van der Waals surface area contributed by atoms with Crippen molar-refractivity contribution in [1.29, 1.82) is 0 Å². The van der Waals surface area contributed by atoms with Gasteiger partial charge in [0.1, 0.15) is 5.70 Å². The molecule has 0 fully saturated rings. The minimum Gasteiger partial charge on any atom is -0.477 e. The first-order valence-electron chi connectivity index (χ1n) is 4.48. The van der Waals surface area contributed by atoms with Crippen LogP contribution in [0, 0.1) is 0 Å². The molecule has 0 heterocycles. The second kappa shape index (κ2) is 5.55. The number of rotatable bonds is 3. The van der Waals surface area contributed by atoms with E-state index in [0.29, 0.717) is 5.56 Å². The van der Waals surface area contributed by atoms with E-state index in [1.54, 1.807) is 24.3 Å². The first-order valence-corrected chi connectivity index (χ1v) is 4.48. The topological polar surface area (TPSA) is 75.6 Å². The molecule has 5 nitrogen and oxygen atoms in total. The molecule has 0 aromatic heterocycles. The molecule has 0 bridgehead atoms. The summed E-state index contributed by atoms with van der Waals surface area (Å²) in [7, 11) is 1.16. The molecule has 0 radical (unpaired) electrons. The van der Waals surface area contributed by atoms with E-state index in [-0.39, 0.29) is 5.70 Å². The number of carboxylic acids is 1. The van der Waals surface area contributed by atoms with Crippen LogP contribution in [0.25, 0.3) is 6.08 Å². The van der Waals surface area contributed by atoms with Crippen LogP contribution in [0.3, 0.4) is 0 Å². The first kappa shape index (κ1) is 11.8. The number of alkyl carbamates (subject to hydrolysis) is 1. The monoisotopic (exact) mass is 221 g/mol. The van der Waals surface area contributed by atoms with Gasteiger partial charge in [-0.15, -0.1) is 0 Å². The average molecular weight is 221 g/mol. The third kappa shape index (κ3) is 3.45. The Bertz CT molecular complexity index is 411. The van der Waals surface area contributed by atoms with E-state index in [2.05, 4.69) is 10.1 Å². The Morgan fingerprint density at radius 2 is 1.94 bits per heavy atom. The summed E-state index contributed by atoms with van der Waals surface area (Å²) in [5.41, 5.74) is 0.439. The van der Waals surface area contributed by atoms with Crippen LogP contribution >= 0.6 is 0 Å². The Balaban J connectivity index is 2.90. The largest absolute Gasteiger partial charge is 0.477 e. The Morgan fingerprint density at radius 1 is 1.31 bits per heavy atom. The van der Waals surface area contributed by atoms with Crippen molar-refractivity contribution in [1.82, 2.24) is 5.32 Å². The van der Waals surface area contributed by atoms with Crippen LogP contribution in [0.1, 0.15) is 5.56 Å². The fourth-order valence-corrected chi connectivity index (χ4v) is 1.03. The van der Waals surface area contributed by atoms with Crippen molar-refractivity contribution < 1.29 is 19.4 Å². The maximum Gasteiger partial charge on any atom is 0.411 e. The van der Waals surface area contributed by atoms with Crippen molar-refractivity contribution in [3.63, 3.8) is 0 Å². The molecule has 0 aliphatic rings. The van der Waals surface area contributed by atoms with Crippen molar-refractivity contribution in [3.05, 3.63) is 41.6 Å². The second-order valence-electron chi connectivity index (χ2n) is 2.89. The molecule has 84 valence electrons. The van der Waals surface area contributed by atoms with Crippen molar-refractivity contribution in [2.45, 2.75) is 0 Å². The van der Waals surface area contributed by atoms with E-state index in [1.807, 2.05) is 6.07 Å². The molecule has 0 saturated heterocycles. The molecule has 0 spiro atoms. The number of carbonyl (C=O) groups is 2. The summed E-state index contributed by atoms with van der Waals surface area (Å²) >= 11 is 0. The van der Waals surface area contributed by atoms with Crippen LogP contribution in [0.5, 0.6) is 0 Å². The van der Waals surface area contributed by atoms with Gasteiger partial charge >= 0.3 is 12.1 Å². The highest BCUT2D eigenvalue weighted by molar-refractivity contribution is 5.95. The Morgan fingerprint density at radius 3 is 2.44 bits per heavy atom. The molecule has 1 aromatic rings. The van der Waals surface area contributed by atoms with Crippen LogP contribution in [-0.2, 0) is 9.53 Å². The highest BCUT2D eigenvalue weighted by atomic mass is 16.5. The van der Waals surface area contributed by atoms with Gasteiger partial charge in [0.2, 0.25) is 0 Å². The number of hydrogen-bond donors (Lipinski definition) is 2. The van der Waals surface area contributed by atoms with Crippen molar-refractivity contribution in [2.24, 2.45) is 0 Å². The zero-order chi connectivity index (χ0) is 12.0. The van der Waals surface area contributed by atoms with Crippen LogP contribution in [0.2, 0.25) is 0 Å². The van der Waals surface area contributed by atoms with Crippen LogP contribution in [0.4, 0.5) is 4.79 Å². The van der Waals surface area contributed by atoms with Gasteiger partial charge in [0.15, 0.2) is 0 Å². The smallest absolute Gasteiger partial charge is 0.411 e. The Labute approximate surface area is 92.3 Å². The van der Waals surface area contributed by atoms with E-state index < -0.39 is 12.1 Å². The number of carboxylic acid groups (broad SMARTS) is 1. The van der Waals surface area contributed by atoms with Crippen LogP contribution in [-0.4, -0.2) is 24.3 Å². The number of carbonyl (C=O) groups excluding carboxylic acids is 1. The minimum atomic E-state index is -1.23. The highest BCUT2D eigenvalue weighted by Gasteiger charge is 2.11. The fourth-order valence-electron chi connectivity index (χ4n) is 1.03. The second-order valence-corrected chi connectivity index (χ2v) is 2.89. The SMILES string of the molecule is COC(=O)N/C(=C/c1ccccc1)C(=O)O. The first-order chi connectivity index (χ1) is 7.63. The van der Waals surface area contributed by atoms with Crippen LogP contribution in [0.15, 0.2) is 36.0 Å². The van der Waals surface area contributed by atoms with E-state index in [4.69, 9.17) is 5.11 Å². The predicted molar refractivity (Wildman–Crippen MR) is 57.6 cm³/mol. The molecule has 0 aliphatic carbocycles. The zero-order valence-electron chi connectivity index (χ0n) is 8.64. The fraction of sp³-hybridized carbons (Fsp3) is 0.0909. The maximum absolute atomic E-state index is 10.9. The molecular formula is C11H11NO4. The summed E-state index contributed by atoms with van der Waals surface area (Å²) < 4.78 is 4.31. The van der Waals surface area contributed by atoms with Gasteiger partial charge in [-0.1, -0.05) is 30.3 Å². The summed E-state index contributed by atoms with van der Waals surface area (Å²) in [5.74, 6) is -1.23. The third-order valence-electron chi connectivity index (χ3n) is 1.76. The number of amides is 1. The maximum atomic E-state index is 10.9. The summed E-state index contributed by atoms with van der Waals surface area (Å²) in [6.45, 7) is 0. The molecule has 0 aliphatic heterocycles. The molecule has 0 saturated carbocycles. The van der Waals surface area contributed by atoms with Crippen molar-refractivity contribution in [2.75, 3.05) is 7.11 Å². The Kier molecular flexibility index (Phi) is 4.08. The normalized spacial score (nSPS) is 10.7. The molecular weight excluding hydrogens is 210 g/mol. The van der Waals surface area contributed by atoms with Gasteiger partial charge in [-0.3, -0.25) is 5.32 Å². The molecule has 1 amide bonds. The number of aliphatic carboxylic acids is 1. The van der Waals surface area contributed by atoms with E-state index in [0.717, 1.165) is 7.11 Å². The lowest BCUT2D eigenvalue weighted by Crippen LogP contribution is -2.26. The molecule has 16 heavy (non-hydrogen) atoms. The molecule has 5 heteroatoms. The quantitative estimate of drug-likeness (QED) is 0.758. The number of methoxy groups -OCH3 is 1. The summed E-state index contributed by atoms with van der Waals surface area (Å²) in [6, 6.07) is 8.79. The van der Waals surface area contributed by atoms with Gasteiger partial charge < -0.3 is 9.84 Å². The van der Waals surface area contributed by atoms with E-state index in [1.165, 1.54) is 6.08 Å². The lowest BCUT2D eigenvalue weighted by atomic mass is 10.2. The van der Waals surface area contributed by atoms with Gasteiger partial charge in [-0.05, 0) is 11.6 Å².